The van der Waals surface area contributed by atoms with Gasteiger partial charge in [0.1, 0.15) is 11.6 Å². The molecule has 18 heavy (non-hydrogen) atoms. The molecule has 1 aromatic carbocycles. The number of ether oxygens (including phenoxy) is 1. The standard InChI is InChI=1S/C14H19F2NO/c1-3-4-9-18-10-8-17-11(2)14-12(15)6-5-7-13(14)16/h3,5-7,11,17H,1,4,8-10H2,2H3. The molecule has 0 aliphatic rings. The number of hydrogen-bond donors (Lipinski definition) is 1. The molecule has 0 heterocycles. The molecule has 0 aliphatic heterocycles. The number of hydrogen-bond acceptors (Lipinski definition) is 2. The molecule has 2 nitrogen and oxygen atoms in total. The molecule has 1 aromatic rings. The third-order valence-electron chi connectivity index (χ3n) is 2.60. The Bertz CT molecular complexity index is 362. The molecule has 4 heteroatoms. The van der Waals surface area contributed by atoms with Crippen molar-refractivity contribution in [2.75, 3.05) is 19.8 Å². The molecule has 0 amide bonds. The lowest BCUT2D eigenvalue weighted by molar-refractivity contribution is 0.138. The smallest absolute Gasteiger partial charge is 0.130 e. The zero-order valence-electron chi connectivity index (χ0n) is 10.6. The predicted molar refractivity (Wildman–Crippen MR) is 68.4 cm³/mol. The van der Waals surface area contributed by atoms with Crippen LogP contribution in [0.4, 0.5) is 8.78 Å². The van der Waals surface area contributed by atoms with Crippen molar-refractivity contribution in [2.45, 2.75) is 19.4 Å². The third-order valence-corrected chi connectivity index (χ3v) is 2.60. The summed E-state index contributed by atoms with van der Waals surface area (Å²) in [7, 11) is 0. The summed E-state index contributed by atoms with van der Waals surface area (Å²) in [6.45, 7) is 6.99. The van der Waals surface area contributed by atoms with Crippen molar-refractivity contribution in [1.29, 1.82) is 0 Å². The Morgan fingerprint density at radius 1 is 1.33 bits per heavy atom. The number of rotatable bonds is 8. The average molecular weight is 255 g/mol. The van der Waals surface area contributed by atoms with E-state index in [2.05, 4.69) is 11.9 Å². The van der Waals surface area contributed by atoms with E-state index in [9.17, 15) is 8.78 Å². The number of benzene rings is 1. The van der Waals surface area contributed by atoms with Crippen LogP contribution in [0.2, 0.25) is 0 Å². The van der Waals surface area contributed by atoms with Crippen LogP contribution in [-0.2, 0) is 4.74 Å². The molecule has 1 atom stereocenters. The van der Waals surface area contributed by atoms with E-state index in [1.54, 1.807) is 13.0 Å². The Kier molecular flexibility index (Phi) is 6.54. The van der Waals surface area contributed by atoms with E-state index >= 15 is 0 Å². The van der Waals surface area contributed by atoms with E-state index in [1.807, 2.05) is 0 Å². The van der Waals surface area contributed by atoms with Gasteiger partial charge in [0.15, 0.2) is 0 Å². The van der Waals surface area contributed by atoms with Crippen molar-refractivity contribution in [2.24, 2.45) is 0 Å². The lowest BCUT2D eigenvalue weighted by atomic mass is 10.1. The number of nitrogens with one attached hydrogen (secondary N) is 1. The summed E-state index contributed by atoms with van der Waals surface area (Å²) in [4.78, 5) is 0. The van der Waals surface area contributed by atoms with Gasteiger partial charge in [0, 0.05) is 18.2 Å². The van der Waals surface area contributed by atoms with Gasteiger partial charge in [-0.2, -0.15) is 0 Å². The van der Waals surface area contributed by atoms with Gasteiger partial charge in [-0.3, -0.25) is 0 Å². The van der Waals surface area contributed by atoms with Gasteiger partial charge in [-0.05, 0) is 25.5 Å². The van der Waals surface area contributed by atoms with Gasteiger partial charge >= 0.3 is 0 Å². The maximum atomic E-state index is 13.5. The second-order valence-electron chi connectivity index (χ2n) is 4.00. The van der Waals surface area contributed by atoms with Crippen LogP contribution in [0.15, 0.2) is 30.9 Å². The van der Waals surface area contributed by atoms with Crippen molar-refractivity contribution in [1.82, 2.24) is 5.32 Å². The molecule has 0 radical (unpaired) electrons. The predicted octanol–water partition coefficient (Wildman–Crippen LogP) is 3.21. The topological polar surface area (TPSA) is 21.3 Å². The highest BCUT2D eigenvalue weighted by molar-refractivity contribution is 5.22. The van der Waals surface area contributed by atoms with E-state index in [4.69, 9.17) is 4.74 Å². The lowest BCUT2D eigenvalue weighted by Crippen LogP contribution is -2.25. The van der Waals surface area contributed by atoms with Gasteiger partial charge in [0.25, 0.3) is 0 Å². The van der Waals surface area contributed by atoms with Crippen molar-refractivity contribution in [3.05, 3.63) is 48.1 Å². The summed E-state index contributed by atoms with van der Waals surface area (Å²) < 4.78 is 32.2. The minimum atomic E-state index is -0.525. The highest BCUT2D eigenvalue weighted by atomic mass is 19.1. The van der Waals surface area contributed by atoms with Gasteiger partial charge in [0.05, 0.1) is 13.2 Å². The van der Waals surface area contributed by atoms with Crippen LogP contribution < -0.4 is 5.32 Å². The molecule has 0 saturated heterocycles. The highest BCUT2D eigenvalue weighted by Crippen LogP contribution is 2.19. The quantitative estimate of drug-likeness (QED) is 0.569. The summed E-state index contributed by atoms with van der Waals surface area (Å²) >= 11 is 0. The van der Waals surface area contributed by atoms with Gasteiger partial charge in [-0.1, -0.05) is 12.1 Å². The molecule has 1 N–H and O–H groups in total. The molecular formula is C14H19F2NO. The maximum Gasteiger partial charge on any atom is 0.130 e. The summed E-state index contributed by atoms with van der Waals surface area (Å²) in [6, 6.07) is 3.50. The van der Waals surface area contributed by atoms with E-state index in [0.717, 1.165) is 6.42 Å². The van der Waals surface area contributed by atoms with E-state index < -0.39 is 11.6 Å². The second kappa shape index (κ2) is 7.95. The van der Waals surface area contributed by atoms with Crippen molar-refractivity contribution in [3.8, 4) is 0 Å². The van der Waals surface area contributed by atoms with Crippen LogP contribution in [0.1, 0.15) is 24.9 Å². The molecular weight excluding hydrogens is 236 g/mol. The van der Waals surface area contributed by atoms with Crippen LogP contribution >= 0.6 is 0 Å². The van der Waals surface area contributed by atoms with Crippen LogP contribution in [-0.4, -0.2) is 19.8 Å². The molecule has 0 aromatic heterocycles. The first-order valence-electron chi connectivity index (χ1n) is 6.02. The van der Waals surface area contributed by atoms with Gasteiger partial charge in [0.2, 0.25) is 0 Å². The minimum absolute atomic E-state index is 0.0728. The third kappa shape index (κ3) is 4.55. The van der Waals surface area contributed by atoms with E-state index in [0.29, 0.717) is 19.8 Å². The van der Waals surface area contributed by atoms with Gasteiger partial charge < -0.3 is 10.1 Å². The van der Waals surface area contributed by atoms with Gasteiger partial charge in [-0.15, -0.1) is 6.58 Å². The van der Waals surface area contributed by atoms with E-state index in [-0.39, 0.29) is 11.6 Å². The number of halogens is 2. The second-order valence-corrected chi connectivity index (χ2v) is 4.00. The fourth-order valence-corrected chi connectivity index (χ4v) is 1.64. The van der Waals surface area contributed by atoms with Gasteiger partial charge in [-0.25, -0.2) is 8.78 Å². The zero-order chi connectivity index (χ0) is 13.4. The minimum Gasteiger partial charge on any atom is -0.380 e. The Labute approximate surface area is 107 Å². The van der Waals surface area contributed by atoms with Crippen LogP contribution in [0.25, 0.3) is 0 Å². The Morgan fingerprint density at radius 2 is 2.00 bits per heavy atom. The van der Waals surface area contributed by atoms with Crippen molar-refractivity contribution < 1.29 is 13.5 Å². The van der Waals surface area contributed by atoms with E-state index in [1.165, 1.54) is 18.2 Å². The molecule has 0 bridgehead atoms. The lowest BCUT2D eigenvalue weighted by Gasteiger charge is -2.15. The normalized spacial score (nSPS) is 12.4. The first kappa shape index (κ1) is 14.8. The molecule has 0 fully saturated rings. The first-order valence-corrected chi connectivity index (χ1v) is 6.02. The largest absolute Gasteiger partial charge is 0.380 e. The fourth-order valence-electron chi connectivity index (χ4n) is 1.64. The van der Waals surface area contributed by atoms with Crippen molar-refractivity contribution >= 4 is 0 Å². The van der Waals surface area contributed by atoms with Crippen molar-refractivity contribution in [3.63, 3.8) is 0 Å². The Balaban J connectivity index is 2.36. The molecule has 0 aliphatic carbocycles. The molecule has 0 saturated carbocycles. The van der Waals surface area contributed by atoms with Crippen LogP contribution in [0.5, 0.6) is 0 Å². The summed E-state index contributed by atoms with van der Waals surface area (Å²) in [6.07, 6.45) is 2.59. The summed E-state index contributed by atoms with van der Waals surface area (Å²) in [5, 5.41) is 3.03. The molecule has 1 unspecified atom stereocenters. The Hall–Kier alpha value is -1.26. The van der Waals surface area contributed by atoms with Crippen LogP contribution in [0.3, 0.4) is 0 Å². The highest BCUT2D eigenvalue weighted by Gasteiger charge is 2.14. The fraction of sp³-hybridized carbons (Fsp3) is 0.429. The monoisotopic (exact) mass is 255 g/mol. The molecule has 100 valence electrons. The molecule has 1 rings (SSSR count). The van der Waals surface area contributed by atoms with Crippen LogP contribution in [0, 0.1) is 11.6 Å². The summed E-state index contributed by atoms with van der Waals surface area (Å²) in [5.74, 6) is -1.05. The zero-order valence-corrected chi connectivity index (χ0v) is 10.6. The Morgan fingerprint density at radius 3 is 2.61 bits per heavy atom. The average Bonchev–Trinajstić information content (AvgIpc) is 2.33. The SMILES string of the molecule is C=CCCOCCNC(C)c1c(F)cccc1F. The molecule has 0 spiro atoms. The first-order chi connectivity index (χ1) is 8.66. The summed E-state index contributed by atoms with van der Waals surface area (Å²) in [5.41, 5.74) is 0.0728. The maximum absolute atomic E-state index is 13.5.